The molecule has 1 aliphatic carbocycles. The van der Waals surface area contributed by atoms with E-state index in [1.807, 2.05) is 20.8 Å². The quantitative estimate of drug-likeness (QED) is 0.840. The van der Waals surface area contributed by atoms with Crippen molar-refractivity contribution in [2.75, 3.05) is 13.1 Å². The lowest BCUT2D eigenvalue weighted by Crippen LogP contribution is -2.46. The van der Waals surface area contributed by atoms with Gasteiger partial charge in [0.1, 0.15) is 0 Å². The molecule has 1 saturated carbocycles. The molecule has 0 unspecified atom stereocenters. The molecular weight excluding hydrogens is 324 g/mol. The second-order valence-corrected chi connectivity index (χ2v) is 7.18. The normalized spacial score (nSPS) is 24.1. The van der Waals surface area contributed by atoms with Crippen molar-refractivity contribution in [2.45, 2.75) is 57.7 Å². The molecule has 134 valence electrons. The molecule has 1 aliphatic heterocycles. The smallest absolute Gasteiger partial charge is 0.292 e. The van der Waals surface area contributed by atoms with Crippen molar-refractivity contribution >= 4 is 5.91 Å². The molecule has 2 fully saturated rings. The van der Waals surface area contributed by atoms with Crippen molar-refractivity contribution in [3.8, 4) is 0 Å². The van der Waals surface area contributed by atoms with Gasteiger partial charge in [0, 0.05) is 18.5 Å². The summed E-state index contributed by atoms with van der Waals surface area (Å²) in [7, 11) is 0. The van der Waals surface area contributed by atoms with Gasteiger partial charge in [0.05, 0.1) is 18.3 Å². The van der Waals surface area contributed by atoms with Gasteiger partial charge in [0.25, 0.3) is 11.8 Å². The molecule has 0 N–H and O–H groups in total. The number of nitrogens with zero attached hydrogens (tertiary/aromatic N) is 4. The number of hydrogen-bond acceptors (Lipinski definition) is 7. The molecular formula is C17H22N4O4. The third-order valence-corrected chi connectivity index (χ3v) is 4.55. The van der Waals surface area contributed by atoms with Gasteiger partial charge < -0.3 is 18.7 Å². The number of rotatable bonds is 4. The number of amides is 1. The van der Waals surface area contributed by atoms with Crippen molar-refractivity contribution in [3.05, 3.63) is 29.2 Å². The molecule has 25 heavy (non-hydrogen) atoms. The molecule has 1 saturated heterocycles. The van der Waals surface area contributed by atoms with Gasteiger partial charge in [-0.3, -0.25) is 4.79 Å². The number of ether oxygens (including phenoxy) is 1. The fourth-order valence-corrected chi connectivity index (χ4v) is 2.96. The Morgan fingerprint density at radius 1 is 1.24 bits per heavy atom. The Balaban J connectivity index is 1.49. The van der Waals surface area contributed by atoms with Crippen LogP contribution >= 0.6 is 0 Å². The highest BCUT2D eigenvalue weighted by Crippen LogP contribution is 2.39. The summed E-state index contributed by atoms with van der Waals surface area (Å²) in [5.74, 6) is 1.86. The van der Waals surface area contributed by atoms with Gasteiger partial charge in [-0.2, -0.15) is 4.98 Å². The first-order chi connectivity index (χ1) is 12.0. The zero-order chi connectivity index (χ0) is 17.6. The highest BCUT2D eigenvalue weighted by molar-refractivity contribution is 5.91. The molecule has 0 spiro atoms. The Labute approximate surface area is 145 Å². The van der Waals surface area contributed by atoms with Crippen LogP contribution in [0.2, 0.25) is 0 Å². The Kier molecular flexibility index (Phi) is 4.07. The van der Waals surface area contributed by atoms with Crippen LogP contribution in [0.15, 0.2) is 15.1 Å². The summed E-state index contributed by atoms with van der Waals surface area (Å²) in [5.41, 5.74) is 0.771. The summed E-state index contributed by atoms with van der Waals surface area (Å²) < 4.78 is 16.5. The predicted molar refractivity (Wildman–Crippen MR) is 86.1 cm³/mol. The topological polar surface area (TPSA) is 94.5 Å². The highest BCUT2D eigenvalue weighted by Gasteiger charge is 2.36. The third-order valence-electron chi connectivity index (χ3n) is 4.55. The number of hydrogen-bond donors (Lipinski definition) is 0. The standard InChI is InChI=1S/C17H22N4O4/c1-9(2)12-6-13(24-19-12)17(22)21-7-10(3)23-14(8-21)16-18-15(20-25-16)11-4-5-11/h6,9-11,14H,4-5,7-8H2,1-3H3/t10-,14-/m1/s1. The molecule has 0 bridgehead atoms. The molecule has 3 heterocycles. The third kappa shape index (κ3) is 3.30. The van der Waals surface area contributed by atoms with E-state index in [9.17, 15) is 4.79 Å². The minimum Gasteiger partial charge on any atom is -0.362 e. The summed E-state index contributed by atoms with van der Waals surface area (Å²) >= 11 is 0. The van der Waals surface area contributed by atoms with Crippen molar-refractivity contribution in [1.82, 2.24) is 20.2 Å². The fraction of sp³-hybridized carbons (Fsp3) is 0.647. The van der Waals surface area contributed by atoms with Gasteiger partial charge in [0.15, 0.2) is 11.9 Å². The van der Waals surface area contributed by atoms with Gasteiger partial charge in [-0.05, 0) is 25.7 Å². The van der Waals surface area contributed by atoms with E-state index in [0.29, 0.717) is 24.9 Å². The van der Waals surface area contributed by atoms with E-state index in [0.717, 1.165) is 24.4 Å². The van der Waals surface area contributed by atoms with Crippen molar-refractivity contribution in [2.24, 2.45) is 0 Å². The van der Waals surface area contributed by atoms with Crippen LogP contribution in [0.3, 0.4) is 0 Å². The Hall–Kier alpha value is -2.22. The second kappa shape index (κ2) is 6.25. The fourth-order valence-electron chi connectivity index (χ4n) is 2.96. The van der Waals surface area contributed by atoms with Gasteiger partial charge in [-0.15, -0.1) is 0 Å². The first kappa shape index (κ1) is 16.3. The van der Waals surface area contributed by atoms with Crippen LogP contribution in [0.25, 0.3) is 0 Å². The zero-order valence-electron chi connectivity index (χ0n) is 14.6. The van der Waals surface area contributed by atoms with E-state index in [2.05, 4.69) is 15.3 Å². The van der Waals surface area contributed by atoms with Crippen LogP contribution in [-0.2, 0) is 4.74 Å². The Morgan fingerprint density at radius 3 is 2.72 bits per heavy atom. The predicted octanol–water partition coefficient (Wildman–Crippen LogP) is 2.66. The van der Waals surface area contributed by atoms with Crippen LogP contribution in [0.4, 0.5) is 0 Å². The molecule has 0 radical (unpaired) electrons. The summed E-state index contributed by atoms with van der Waals surface area (Å²) in [5, 5.41) is 7.99. The lowest BCUT2D eigenvalue weighted by atomic mass is 10.1. The molecule has 2 aromatic rings. The number of aromatic nitrogens is 3. The lowest BCUT2D eigenvalue weighted by molar-refractivity contribution is -0.0816. The average Bonchev–Trinajstić information content (AvgIpc) is 3.12. The summed E-state index contributed by atoms with van der Waals surface area (Å²) in [4.78, 5) is 18.9. The van der Waals surface area contributed by atoms with Gasteiger partial charge in [-0.25, -0.2) is 0 Å². The maximum atomic E-state index is 12.8. The summed E-state index contributed by atoms with van der Waals surface area (Å²) in [6, 6.07) is 1.71. The molecule has 2 atom stereocenters. The number of carbonyl (C=O) groups excluding carboxylic acids is 1. The maximum Gasteiger partial charge on any atom is 0.292 e. The number of carbonyl (C=O) groups is 1. The molecule has 1 amide bonds. The van der Waals surface area contributed by atoms with E-state index in [1.54, 1.807) is 11.0 Å². The molecule has 2 aliphatic rings. The van der Waals surface area contributed by atoms with E-state index in [1.165, 1.54) is 0 Å². The molecule has 8 nitrogen and oxygen atoms in total. The largest absolute Gasteiger partial charge is 0.362 e. The summed E-state index contributed by atoms with van der Waals surface area (Å²) in [6.07, 6.45) is 1.66. The van der Waals surface area contributed by atoms with E-state index < -0.39 is 6.10 Å². The minimum atomic E-state index is -0.416. The van der Waals surface area contributed by atoms with Crippen molar-refractivity contribution < 1.29 is 18.6 Å². The van der Waals surface area contributed by atoms with E-state index in [4.69, 9.17) is 13.8 Å². The van der Waals surface area contributed by atoms with E-state index >= 15 is 0 Å². The Bertz CT molecular complexity index is 764. The number of morpholine rings is 1. The SMILES string of the molecule is CC(C)c1cc(C(=O)N2C[C@@H](C)O[C@@H](c3nc(C4CC4)no3)C2)on1. The molecule has 4 rings (SSSR count). The highest BCUT2D eigenvalue weighted by atomic mass is 16.5. The van der Waals surface area contributed by atoms with Crippen LogP contribution in [0, 0.1) is 0 Å². The van der Waals surface area contributed by atoms with Crippen molar-refractivity contribution in [1.29, 1.82) is 0 Å². The van der Waals surface area contributed by atoms with Gasteiger partial charge in [0.2, 0.25) is 5.76 Å². The second-order valence-electron chi connectivity index (χ2n) is 7.18. The van der Waals surface area contributed by atoms with Crippen molar-refractivity contribution in [3.63, 3.8) is 0 Å². The first-order valence-corrected chi connectivity index (χ1v) is 8.76. The summed E-state index contributed by atoms with van der Waals surface area (Å²) in [6.45, 7) is 6.77. The lowest BCUT2D eigenvalue weighted by Gasteiger charge is -2.34. The maximum absolute atomic E-state index is 12.8. The van der Waals surface area contributed by atoms with Gasteiger partial charge >= 0.3 is 0 Å². The minimum absolute atomic E-state index is 0.133. The average molecular weight is 346 g/mol. The van der Waals surface area contributed by atoms with E-state index in [-0.39, 0.29) is 23.7 Å². The van der Waals surface area contributed by atoms with Gasteiger partial charge in [-0.1, -0.05) is 24.2 Å². The molecule has 2 aromatic heterocycles. The zero-order valence-corrected chi connectivity index (χ0v) is 14.6. The van der Waals surface area contributed by atoms with Crippen LogP contribution < -0.4 is 0 Å². The first-order valence-electron chi connectivity index (χ1n) is 8.76. The monoisotopic (exact) mass is 346 g/mol. The Morgan fingerprint density at radius 2 is 2.04 bits per heavy atom. The van der Waals surface area contributed by atoms with Crippen LogP contribution in [0.5, 0.6) is 0 Å². The molecule has 8 heteroatoms. The molecule has 0 aromatic carbocycles. The van der Waals surface area contributed by atoms with Crippen LogP contribution in [-0.4, -0.2) is 45.3 Å². The van der Waals surface area contributed by atoms with Crippen LogP contribution in [0.1, 0.15) is 79.5 Å².